The van der Waals surface area contributed by atoms with E-state index >= 15 is 0 Å². The lowest BCUT2D eigenvalue weighted by Crippen LogP contribution is -2.38. The summed E-state index contributed by atoms with van der Waals surface area (Å²) in [5.41, 5.74) is 0. The van der Waals surface area contributed by atoms with Crippen LogP contribution in [-0.2, 0) is 10.8 Å². The lowest BCUT2D eigenvalue weighted by Gasteiger charge is -2.25. The highest BCUT2D eigenvalue weighted by molar-refractivity contribution is 9.11. The fraction of sp³-hybridized carbons (Fsp3) is 0.714. The molecule has 11 heavy (non-hydrogen) atoms. The summed E-state index contributed by atoms with van der Waals surface area (Å²) in [5.74, 6) is 1.64. The van der Waals surface area contributed by atoms with Crippen molar-refractivity contribution in [1.82, 2.24) is 4.90 Å². The molecule has 1 saturated heterocycles. The van der Waals surface area contributed by atoms with Gasteiger partial charge in [-0.3, -0.25) is 9.11 Å². The predicted molar refractivity (Wildman–Crippen MR) is 52.4 cm³/mol. The average Bonchev–Trinajstić information content (AvgIpc) is 1.93. The lowest BCUT2D eigenvalue weighted by molar-refractivity contribution is 0.330. The third-order valence-electron chi connectivity index (χ3n) is 1.67. The van der Waals surface area contributed by atoms with Crippen molar-refractivity contribution in [1.29, 1.82) is 0 Å². The van der Waals surface area contributed by atoms with Crippen molar-refractivity contribution in [2.24, 2.45) is 0 Å². The minimum absolute atomic E-state index is 0.562. The van der Waals surface area contributed by atoms with E-state index in [-0.39, 0.29) is 0 Å². The smallest absolute Gasteiger partial charge is 0.0363 e. The minimum atomic E-state index is -0.562. The molecule has 1 aliphatic heterocycles. The number of hydrogen-bond donors (Lipinski definition) is 0. The molecule has 0 radical (unpaired) electrons. The topological polar surface area (TPSA) is 20.3 Å². The van der Waals surface area contributed by atoms with Gasteiger partial charge in [-0.2, -0.15) is 0 Å². The summed E-state index contributed by atoms with van der Waals surface area (Å²) >= 11 is 3.31. The third kappa shape index (κ3) is 3.49. The first-order valence-corrected chi connectivity index (χ1v) is 5.87. The van der Waals surface area contributed by atoms with E-state index in [0.29, 0.717) is 0 Å². The van der Waals surface area contributed by atoms with Gasteiger partial charge < -0.3 is 0 Å². The van der Waals surface area contributed by atoms with Gasteiger partial charge in [0.25, 0.3) is 0 Å². The summed E-state index contributed by atoms with van der Waals surface area (Å²) in [7, 11) is -0.562. The van der Waals surface area contributed by atoms with Crippen molar-refractivity contribution in [3.05, 3.63) is 11.1 Å². The molecule has 1 aliphatic rings. The highest BCUT2D eigenvalue weighted by Crippen LogP contribution is 2.07. The van der Waals surface area contributed by atoms with Crippen molar-refractivity contribution in [3.8, 4) is 0 Å². The maximum Gasteiger partial charge on any atom is 0.0363 e. The van der Waals surface area contributed by atoms with Crippen molar-refractivity contribution < 1.29 is 4.21 Å². The quantitative estimate of drug-likeness (QED) is 0.714. The maximum absolute atomic E-state index is 10.9. The summed E-state index contributed by atoms with van der Waals surface area (Å²) in [4.78, 5) is 2.26. The van der Waals surface area contributed by atoms with Gasteiger partial charge in [0.2, 0.25) is 0 Å². The zero-order chi connectivity index (χ0) is 8.27. The second-order valence-electron chi connectivity index (χ2n) is 2.64. The van der Waals surface area contributed by atoms with Gasteiger partial charge in [0.15, 0.2) is 0 Å². The van der Waals surface area contributed by atoms with Crippen LogP contribution in [0, 0.1) is 0 Å². The number of rotatable bonds is 2. The molecule has 1 heterocycles. The summed E-state index contributed by atoms with van der Waals surface area (Å²) in [6.45, 7) is 6.54. The van der Waals surface area contributed by atoms with Crippen LogP contribution in [0.15, 0.2) is 11.1 Å². The Morgan fingerprint density at radius 3 is 2.55 bits per heavy atom. The molecule has 0 aliphatic carbocycles. The van der Waals surface area contributed by atoms with Crippen LogP contribution in [0.25, 0.3) is 0 Å². The average molecular weight is 238 g/mol. The van der Waals surface area contributed by atoms with E-state index in [4.69, 9.17) is 0 Å². The Morgan fingerprint density at radius 2 is 2.09 bits per heavy atom. The predicted octanol–water partition coefficient (Wildman–Crippen LogP) is 0.959. The summed E-state index contributed by atoms with van der Waals surface area (Å²) < 4.78 is 11.9. The van der Waals surface area contributed by atoms with Gasteiger partial charge in [-0.15, -0.1) is 0 Å². The van der Waals surface area contributed by atoms with Gasteiger partial charge in [-0.05, 0) is 0 Å². The van der Waals surface area contributed by atoms with Gasteiger partial charge in [-0.1, -0.05) is 22.5 Å². The molecular formula is C7H12BrNOS. The molecule has 1 fully saturated rings. The third-order valence-corrected chi connectivity index (χ3v) is 3.19. The normalized spacial score (nSPS) is 21.9. The SMILES string of the molecule is C=C(Br)CN1CCS(=O)CC1. The molecule has 0 amide bonds. The van der Waals surface area contributed by atoms with E-state index in [1.54, 1.807) is 0 Å². The van der Waals surface area contributed by atoms with E-state index in [1.807, 2.05) is 0 Å². The maximum atomic E-state index is 10.9. The second kappa shape index (κ2) is 4.38. The first-order valence-electron chi connectivity index (χ1n) is 3.59. The largest absolute Gasteiger partial charge is 0.297 e. The fourth-order valence-corrected chi connectivity index (χ4v) is 2.56. The molecule has 64 valence electrons. The Labute approximate surface area is 78.2 Å². The van der Waals surface area contributed by atoms with Gasteiger partial charge in [0.05, 0.1) is 0 Å². The van der Waals surface area contributed by atoms with Gasteiger partial charge in [0, 0.05) is 46.4 Å². The van der Waals surface area contributed by atoms with Gasteiger partial charge >= 0.3 is 0 Å². The molecule has 0 aromatic rings. The van der Waals surface area contributed by atoms with Crippen molar-refractivity contribution in [2.45, 2.75) is 0 Å². The van der Waals surface area contributed by atoms with Crippen LogP contribution in [0.2, 0.25) is 0 Å². The molecule has 0 atom stereocenters. The van der Waals surface area contributed by atoms with Crippen LogP contribution in [-0.4, -0.2) is 40.2 Å². The Hall–Kier alpha value is 0.330. The molecule has 0 spiro atoms. The van der Waals surface area contributed by atoms with Crippen molar-refractivity contribution >= 4 is 26.7 Å². The highest BCUT2D eigenvalue weighted by atomic mass is 79.9. The monoisotopic (exact) mass is 237 g/mol. The number of hydrogen-bond acceptors (Lipinski definition) is 2. The zero-order valence-electron chi connectivity index (χ0n) is 6.38. The Morgan fingerprint density at radius 1 is 1.55 bits per heavy atom. The molecule has 0 saturated carbocycles. The van der Waals surface area contributed by atoms with Gasteiger partial charge in [-0.25, -0.2) is 0 Å². The molecule has 4 heteroatoms. The first kappa shape index (κ1) is 9.42. The summed E-state index contributed by atoms with van der Waals surface area (Å²) in [6, 6.07) is 0. The van der Waals surface area contributed by atoms with Gasteiger partial charge in [0.1, 0.15) is 0 Å². The molecule has 0 N–H and O–H groups in total. The number of nitrogens with zero attached hydrogens (tertiary/aromatic N) is 1. The summed E-state index contributed by atoms with van der Waals surface area (Å²) in [5, 5.41) is 0. The molecule has 1 rings (SSSR count). The summed E-state index contributed by atoms with van der Waals surface area (Å²) in [6.07, 6.45) is 0. The van der Waals surface area contributed by atoms with Crippen LogP contribution in [0.5, 0.6) is 0 Å². The molecular weight excluding hydrogens is 226 g/mol. The van der Waals surface area contributed by atoms with E-state index < -0.39 is 10.8 Å². The van der Waals surface area contributed by atoms with Crippen molar-refractivity contribution in [3.63, 3.8) is 0 Å². The Kier molecular flexibility index (Phi) is 3.75. The van der Waals surface area contributed by atoms with Crippen LogP contribution >= 0.6 is 15.9 Å². The minimum Gasteiger partial charge on any atom is -0.297 e. The first-order chi connectivity index (χ1) is 5.18. The molecule has 2 nitrogen and oxygen atoms in total. The van der Waals surface area contributed by atoms with E-state index in [1.165, 1.54) is 0 Å². The van der Waals surface area contributed by atoms with E-state index in [9.17, 15) is 4.21 Å². The van der Waals surface area contributed by atoms with Crippen LogP contribution in [0.4, 0.5) is 0 Å². The molecule has 0 aromatic carbocycles. The Bertz CT molecular complexity index is 173. The molecule has 0 aromatic heterocycles. The molecule has 0 bridgehead atoms. The van der Waals surface area contributed by atoms with Crippen molar-refractivity contribution in [2.75, 3.05) is 31.1 Å². The standard InChI is InChI=1S/C7H12BrNOS/c1-7(8)6-9-2-4-11(10)5-3-9/h1-6H2. The number of halogens is 1. The Balaban J connectivity index is 2.28. The second-order valence-corrected chi connectivity index (χ2v) is 5.46. The zero-order valence-corrected chi connectivity index (χ0v) is 8.79. The fourth-order valence-electron chi connectivity index (χ4n) is 1.08. The lowest BCUT2D eigenvalue weighted by atomic mass is 10.4. The van der Waals surface area contributed by atoms with E-state index in [0.717, 1.165) is 35.6 Å². The van der Waals surface area contributed by atoms with Crippen LogP contribution in [0.1, 0.15) is 0 Å². The highest BCUT2D eigenvalue weighted by Gasteiger charge is 2.14. The molecule has 0 unspecified atom stereocenters. The van der Waals surface area contributed by atoms with Crippen LogP contribution < -0.4 is 0 Å². The van der Waals surface area contributed by atoms with E-state index in [2.05, 4.69) is 27.4 Å². The van der Waals surface area contributed by atoms with Crippen LogP contribution in [0.3, 0.4) is 0 Å².